The molecule has 24 heteroatoms. The van der Waals surface area contributed by atoms with E-state index in [1.165, 1.54) is 24.3 Å². The maximum Gasteiger partial charge on any atom is 0.326 e. The van der Waals surface area contributed by atoms with Crippen molar-refractivity contribution in [3.63, 3.8) is 0 Å². The summed E-state index contributed by atoms with van der Waals surface area (Å²) in [5, 5.41) is 76.6. The largest absolute Gasteiger partial charge is 0.508 e. The van der Waals surface area contributed by atoms with E-state index in [0.29, 0.717) is 18.4 Å². The first-order chi connectivity index (χ1) is 31.3. The number of hydrogen-bond donors (Lipinski definition) is 15. The summed E-state index contributed by atoms with van der Waals surface area (Å²) in [4.78, 5) is 118. The van der Waals surface area contributed by atoms with E-state index in [9.17, 15) is 73.8 Å². The van der Waals surface area contributed by atoms with E-state index in [2.05, 4.69) is 37.2 Å². The molecule has 0 radical (unpaired) electrons. The van der Waals surface area contributed by atoms with Gasteiger partial charge < -0.3 is 79.3 Å². The number of phenolic OH excluding ortho intramolecular Hbond substituents is 1. The fourth-order valence-corrected chi connectivity index (χ4v) is 6.54. The third-order valence-electron chi connectivity index (χ3n) is 10.2. The van der Waals surface area contributed by atoms with Gasteiger partial charge in [-0.05, 0) is 88.4 Å². The zero-order valence-electron chi connectivity index (χ0n) is 38.8. The summed E-state index contributed by atoms with van der Waals surface area (Å²) in [7, 11) is 0. The van der Waals surface area contributed by atoms with Crippen molar-refractivity contribution in [1.82, 2.24) is 37.2 Å². The van der Waals surface area contributed by atoms with Gasteiger partial charge >= 0.3 is 11.9 Å². The molecule has 0 spiro atoms. The van der Waals surface area contributed by atoms with Crippen LogP contribution in [0.4, 0.5) is 0 Å². The van der Waals surface area contributed by atoms with Crippen molar-refractivity contribution in [1.29, 1.82) is 0 Å². The third-order valence-corrected chi connectivity index (χ3v) is 10.2. The molecule has 2 unspecified atom stereocenters. The van der Waals surface area contributed by atoms with Crippen LogP contribution in [0.3, 0.4) is 0 Å². The Labute approximate surface area is 389 Å². The Balaban J connectivity index is 3.48. The lowest BCUT2D eigenvalue weighted by atomic mass is 10.0. The summed E-state index contributed by atoms with van der Waals surface area (Å²) in [5.41, 5.74) is 11.8. The number of rotatable bonds is 31. The van der Waals surface area contributed by atoms with Gasteiger partial charge in [-0.25, -0.2) is 4.79 Å². The molecule has 10 atom stereocenters. The average molecular weight is 954 g/mol. The Hall–Kier alpha value is -5.95. The van der Waals surface area contributed by atoms with E-state index in [-0.39, 0.29) is 49.8 Å². The van der Waals surface area contributed by atoms with E-state index in [1.807, 2.05) is 0 Å². The Kier molecular flexibility index (Phi) is 26.1. The highest BCUT2D eigenvalue weighted by Gasteiger charge is 2.37. The molecule has 1 aromatic rings. The molecule has 1 rings (SSSR count). The number of aromatic hydroxyl groups is 1. The van der Waals surface area contributed by atoms with E-state index < -0.39 is 133 Å². The van der Waals surface area contributed by atoms with Gasteiger partial charge in [0, 0.05) is 12.8 Å². The highest BCUT2D eigenvalue weighted by atomic mass is 16.4. The summed E-state index contributed by atoms with van der Waals surface area (Å²) in [6.45, 7) is 8.67. The number of amides is 7. The first-order valence-corrected chi connectivity index (χ1v) is 22.1. The number of carbonyl (C=O) groups is 9. The molecule has 17 N–H and O–H groups in total. The van der Waals surface area contributed by atoms with Gasteiger partial charge in [0.05, 0.1) is 24.9 Å². The number of hydrogen-bond acceptors (Lipinski definition) is 15. The van der Waals surface area contributed by atoms with Crippen LogP contribution in [0.1, 0.15) is 92.1 Å². The zero-order chi connectivity index (χ0) is 51.1. The molecule has 0 aliphatic carbocycles. The summed E-state index contributed by atoms with van der Waals surface area (Å²) < 4.78 is 0. The van der Waals surface area contributed by atoms with Gasteiger partial charge in [0.25, 0.3) is 0 Å². The predicted octanol–water partition coefficient (Wildman–Crippen LogP) is -3.42. The molecule has 0 saturated carbocycles. The molecule has 0 heterocycles. The minimum atomic E-state index is -1.90. The van der Waals surface area contributed by atoms with Crippen molar-refractivity contribution in [3.8, 4) is 5.75 Å². The van der Waals surface area contributed by atoms with Gasteiger partial charge in [-0.2, -0.15) is 0 Å². The minimum absolute atomic E-state index is 0.00181. The van der Waals surface area contributed by atoms with Crippen molar-refractivity contribution < 1.29 is 73.8 Å². The first kappa shape index (κ1) is 59.1. The highest BCUT2D eigenvalue weighted by Crippen LogP contribution is 2.14. The first-order valence-electron chi connectivity index (χ1n) is 22.1. The molecule has 24 nitrogen and oxygen atoms in total. The number of unbranched alkanes of at least 4 members (excludes halogenated alkanes) is 1. The number of carboxylic acids is 2. The highest BCUT2D eigenvalue weighted by molar-refractivity contribution is 5.98. The van der Waals surface area contributed by atoms with Crippen LogP contribution in [0, 0.1) is 11.8 Å². The average Bonchev–Trinajstić information content (AvgIpc) is 3.23. The van der Waals surface area contributed by atoms with E-state index >= 15 is 0 Å². The van der Waals surface area contributed by atoms with E-state index in [0.717, 1.165) is 13.8 Å². The normalized spacial score (nSPS) is 15.8. The van der Waals surface area contributed by atoms with Gasteiger partial charge in [-0.3, -0.25) is 38.4 Å². The second-order valence-electron chi connectivity index (χ2n) is 17.2. The molecule has 1 aromatic carbocycles. The van der Waals surface area contributed by atoms with Gasteiger partial charge in [0.15, 0.2) is 0 Å². The standard InChI is InChI=1S/C43H71N9O15/c1-21(2)17-27(45)36(59)50-32(20-53)40(63)46-29(14-15-33(57)58)38(61)51-35(24(6)55)42(65)48-30(19-25-10-12-26(56)13-11-25)39(62)52-34(23(5)54)41(64)47-28(9-7-8-16-44)37(60)49-31(43(66)67)18-22(3)4/h10-13,21-24,27-32,34-35,53-56H,7-9,14-20,44-45H2,1-6H3,(H,46,63)(H,47,64)(H,48,65)(H,49,60)(H,50,59)(H,51,61)(H,52,62)(H,57,58)(H,66,67)/t23?,24?,27-,28-,29-,30-,31+,32-,34-,35-/m0/s1. The quantitative estimate of drug-likeness (QED) is 0.0322. The van der Waals surface area contributed by atoms with E-state index in [4.69, 9.17) is 11.5 Å². The minimum Gasteiger partial charge on any atom is -0.508 e. The lowest BCUT2D eigenvalue weighted by Crippen LogP contribution is -2.63. The summed E-state index contributed by atoms with van der Waals surface area (Å²) in [6.07, 6.45) is -3.88. The Morgan fingerprint density at radius 2 is 0.985 bits per heavy atom. The lowest BCUT2D eigenvalue weighted by Gasteiger charge is -2.29. The number of phenols is 1. The number of nitrogens with two attached hydrogens (primary N) is 2. The molecular weight excluding hydrogens is 883 g/mol. The summed E-state index contributed by atoms with van der Waals surface area (Å²) in [5.74, 6) is -10.2. The maximum absolute atomic E-state index is 14.0. The van der Waals surface area contributed by atoms with Crippen molar-refractivity contribution in [2.45, 2.75) is 153 Å². The van der Waals surface area contributed by atoms with Crippen LogP contribution >= 0.6 is 0 Å². The Morgan fingerprint density at radius 3 is 1.45 bits per heavy atom. The number of benzene rings is 1. The van der Waals surface area contributed by atoms with Crippen LogP contribution in [-0.2, 0) is 49.6 Å². The number of aliphatic hydroxyl groups is 3. The van der Waals surface area contributed by atoms with Gasteiger partial charge in [0.2, 0.25) is 41.4 Å². The fraction of sp³-hybridized carbons (Fsp3) is 0.651. The number of aliphatic carboxylic acids is 2. The monoisotopic (exact) mass is 954 g/mol. The molecule has 7 amide bonds. The van der Waals surface area contributed by atoms with Gasteiger partial charge in [0.1, 0.15) is 48.0 Å². The van der Waals surface area contributed by atoms with Crippen LogP contribution in [0.25, 0.3) is 0 Å². The zero-order valence-corrected chi connectivity index (χ0v) is 38.8. The maximum atomic E-state index is 14.0. The van der Waals surface area contributed by atoms with E-state index in [1.54, 1.807) is 27.7 Å². The number of carbonyl (C=O) groups excluding carboxylic acids is 7. The number of nitrogens with one attached hydrogen (secondary N) is 7. The second kappa shape index (κ2) is 29.6. The predicted molar refractivity (Wildman–Crippen MR) is 240 cm³/mol. The Bertz CT molecular complexity index is 1810. The van der Waals surface area contributed by atoms with Crippen molar-refractivity contribution in [2.75, 3.05) is 13.2 Å². The summed E-state index contributed by atoms with van der Waals surface area (Å²) >= 11 is 0. The van der Waals surface area contributed by atoms with Crippen LogP contribution < -0.4 is 48.7 Å². The Morgan fingerprint density at radius 1 is 0.552 bits per heavy atom. The molecule has 378 valence electrons. The molecule has 0 bridgehead atoms. The summed E-state index contributed by atoms with van der Waals surface area (Å²) in [6, 6.07) is -7.01. The van der Waals surface area contributed by atoms with Crippen LogP contribution in [-0.4, -0.2) is 158 Å². The molecule has 0 aromatic heterocycles. The van der Waals surface area contributed by atoms with Crippen molar-refractivity contribution in [3.05, 3.63) is 29.8 Å². The molecule has 67 heavy (non-hydrogen) atoms. The lowest BCUT2D eigenvalue weighted by molar-refractivity contribution is -0.143. The topological polar surface area (TPSA) is 411 Å². The van der Waals surface area contributed by atoms with Crippen molar-refractivity contribution >= 4 is 53.3 Å². The SMILES string of the molecule is CC(C)C[C@H](N)C(=O)N[C@@H](CO)C(=O)N[C@@H](CCC(=O)O)C(=O)N[C@H](C(=O)N[C@@H](Cc1ccc(O)cc1)C(=O)N[C@H](C(=O)N[C@@H](CCCCN)C(=O)N[C@H](CC(C)C)C(=O)O)C(C)O)C(C)O. The molecular formula is C43H71N9O15. The molecule has 0 aliphatic heterocycles. The molecule has 0 saturated heterocycles. The number of carboxylic acid groups (broad SMARTS) is 2. The van der Waals surface area contributed by atoms with Gasteiger partial charge in [-0.1, -0.05) is 39.8 Å². The van der Waals surface area contributed by atoms with Crippen LogP contribution in [0.5, 0.6) is 5.75 Å². The molecule has 0 aliphatic rings. The van der Waals surface area contributed by atoms with Gasteiger partial charge in [-0.15, -0.1) is 0 Å². The van der Waals surface area contributed by atoms with Crippen molar-refractivity contribution in [2.24, 2.45) is 23.3 Å². The number of aliphatic hydroxyl groups excluding tert-OH is 3. The smallest absolute Gasteiger partial charge is 0.326 e. The molecule has 0 fully saturated rings. The fourth-order valence-electron chi connectivity index (χ4n) is 6.54. The second-order valence-corrected chi connectivity index (χ2v) is 17.2. The van der Waals surface area contributed by atoms with Crippen LogP contribution in [0.2, 0.25) is 0 Å². The third kappa shape index (κ3) is 21.9. The van der Waals surface area contributed by atoms with Crippen LogP contribution in [0.15, 0.2) is 24.3 Å².